The number of anilines is 1. The number of ether oxygens (including phenoxy) is 2. The topological polar surface area (TPSA) is 65.6 Å². The van der Waals surface area contributed by atoms with E-state index in [9.17, 15) is 0 Å². The lowest BCUT2D eigenvalue weighted by molar-refractivity contribution is 0.121. The maximum atomic E-state index is 6.03. The molecule has 1 aliphatic heterocycles. The van der Waals surface area contributed by atoms with Gasteiger partial charge in [-0.1, -0.05) is 30.0 Å². The quantitative estimate of drug-likeness (QED) is 0.413. The first-order valence-corrected chi connectivity index (χ1v) is 10.8. The molecule has 0 atom stereocenters. The molecule has 2 aromatic heterocycles. The fourth-order valence-corrected chi connectivity index (χ4v) is 4.14. The maximum Gasteiger partial charge on any atom is 0.228 e. The first-order valence-electron chi connectivity index (χ1n) is 9.82. The molecule has 154 valence electrons. The van der Waals surface area contributed by atoms with Crippen LogP contribution in [0.25, 0.3) is 0 Å². The molecule has 3 aromatic rings. The van der Waals surface area contributed by atoms with Gasteiger partial charge in [0.2, 0.25) is 5.95 Å². The highest BCUT2D eigenvalue weighted by molar-refractivity contribution is 7.99. The van der Waals surface area contributed by atoms with Gasteiger partial charge in [-0.3, -0.25) is 4.57 Å². The minimum atomic E-state index is 0.604. The molecular formula is C21H26N4O3S. The zero-order valence-corrected chi connectivity index (χ0v) is 17.7. The molecule has 4 rings (SSSR count). The number of aryl methyl sites for hydroxylation is 2. The largest absolute Gasteiger partial charge is 0.492 e. The number of hydrogen-bond acceptors (Lipinski definition) is 7. The Bertz CT molecular complexity index is 900. The van der Waals surface area contributed by atoms with Gasteiger partial charge >= 0.3 is 0 Å². The second kappa shape index (κ2) is 9.37. The van der Waals surface area contributed by atoms with E-state index in [2.05, 4.69) is 51.7 Å². The maximum absolute atomic E-state index is 6.03. The lowest BCUT2D eigenvalue weighted by Crippen LogP contribution is -2.38. The standard InChI is InChI=1S/C21H26N4O3S/c1-16-5-3-6-17(2)19(16)28-13-14-29-21-23-22-20(24-8-11-26-12-9-24)25(21)15-18-7-4-10-27-18/h3-7,10H,8-9,11-15H2,1-2H3. The van der Waals surface area contributed by atoms with Gasteiger partial charge in [-0.2, -0.15) is 0 Å². The van der Waals surface area contributed by atoms with E-state index in [0.717, 1.165) is 52.6 Å². The van der Waals surface area contributed by atoms with Crippen LogP contribution in [0.3, 0.4) is 0 Å². The third-order valence-corrected chi connectivity index (χ3v) is 5.79. The van der Waals surface area contributed by atoms with Crippen molar-refractivity contribution in [3.8, 4) is 5.75 Å². The zero-order valence-electron chi connectivity index (χ0n) is 16.8. The van der Waals surface area contributed by atoms with Gasteiger partial charge in [0, 0.05) is 18.8 Å². The number of para-hydroxylation sites is 1. The summed E-state index contributed by atoms with van der Waals surface area (Å²) in [5, 5.41) is 9.78. The smallest absolute Gasteiger partial charge is 0.228 e. The summed E-state index contributed by atoms with van der Waals surface area (Å²) in [7, 11) is 0. The van der Waals surface area contributed by atoms with Crippen molar-refractivity contribution >= 4 is 17.7 Å². The molecule has 29 heavy (non-hydrogen) atoms. The van der Waals surface area contributed by atoms with Crippen LogP contribution in [-0.2, 0) is 11.3 Å². The summed E-state index contributed by atoms with van der Waals surface area (Å²) in [6.07, 6.45) is 1.69. The molecule has 0 saturated carbocycles. The van der Waals surface area contributed by atoms with Gasteiger partial charge in [0.25, 0.3) is 0 Å². The molecule has 1 saturated heterocycles. The minimum Gasteiger partial charge on any atom is -0.492 e. The number of aromatic nitrogens is 3. The van der Waals surface area contributed by atoms with E-state index in [0.29, 0.717) is 26.4 Å². The van der Waals surface area contributed by atoms with E-state index in [-0.39, 0.29) is 0 Å². The van der Waals surface area contributed by atoms with Crippen molar-refractivity contribution in [2.24, 2.45) is 0 Å². The number of morpholine rings is 1. The zero-order chi connectivity index (χ0) is 20.1. The van der Waals surface area contributed by atoms with Crippen molar-refractivity contribution in [1.82, 2.24) is 14.8 Å². The summed E-state index contributed by atoms with van der Waals surface area (Å²) in [6.45, 7) is 8.41. The Labute approximate surface area is 175 Å². The van der Waals surface area contributed by atoms with Crippen LogP contribution >= 0.6 is 11.8 Å². The first kappa shape index (κ1) is 19.8. The van der Waals surface area contributed by atoms with Crippen molar-refractivity contribution in [2.45, 2.75) is 25.5 Å². The van der Waals surface area contributed by atoms with Gasteiger partial charge < -0.3 is 18.8 Å². The molecule has 0 N–H and O–H groups in total. The number of benzene rings is 1. The average Bonchev–Trinajstić information content (AvgIpc) is 3.38. The van der Waals surface area contributed by atoms with Crippen LogP contribution in [0, 0.1) is 13.8 Å². The first-order chi connectivity index (χ1) is 14.2. The summed E-state index contributed by atoms with van der Waals surface area (Å²) >= 11 is 1.65. The van der Waals surface area contributed by atoms with Gasteiger partial charge in [0.05, 0.1) is 32.6 Å². The molecule has 0 amide bonds. The lowest BCUT2D eigenvalue weighted by Gasteiger charge is -2.27. The fourth-order valence-electron chi connectivity index (χ4n) is 3.39. The normalized spacial score (nSPS) is 14.3. The highest BCUT2D eigenvalue weighted by Crippen LogP contribution is 2.26. The van der Waals surface area contributed by atoms with Crippen LogP contribution in [0.2, 0.25) is 0 Å². The van der Waals surface area contributed by atoms with Crippen LogP contribution in [-0.4, -0.2) is 53.4 Å². The van der Waals surface area contributed by atoms with Gasteiger partial charge in [-0.05, 0) is 37.1 Å². The molecule has 0 aliphatic carbocycles. The number of rotatable bonds is 8. The Hall–Kier alpha value is -2.45. The number of nitrogens with zero attached hydrogens (tertiary/aromatic N) is 4. The molecule has 0 radical (unpaired) electrons. The Morgan fingerprint density at radius 2 is 1.86 bits per heavy atom. The monoisotopic (exact) mass is 414 g/mol. The van der Waals surface area contributed by atoms with Crippen LogP contribution < -0.4 is 9.64 Å². The van der Waals surface area contributed by atoms with Gasteiger partial charge in [-0.15, -0.1) is 10.2 Å². The molecule has 0 spiro atoms. The van der Waals surface area contributed by atoms with Crippen molar-refractivity contribution in [3.63, 3.8) is 0 Å². The molecule has 1 aromatic carbocycles. The molecule has 7 nitrogen and oxygen atoms in total. The highest BCUT2D eigenvalue weighted by Gasteiger charge is 2.21. The Morgan fingerprint density at radius 1 is 1.07 bits per heavy atom. The Kier molecular flexibility index (Phi) is 6.41. The van der Waals surface area contributed by atoms with E-state index >= 15 is 0 Å². The number of hydrogen-bond donors (Lipinski definition) is 0. The van der Waals surface area contributed by atoms with E-state index in [4.69, 9.17) is 13.9 Å². The van der Waals surface area contributed by atoms with Gasteiger partial charge in [0.15, 0.2) is 5.16 Å². The van der Waals surface area contributed by atoms with E-state index in [1.807, 2.05) is 12.1 Å². The van der Waals surface area contributed by atoms with Crippen LogP contribution in [0.1, 0.15) is 16.9 Å². The van der Waals surface area contributed by atoms with Crippen LogP contribution in [0.5, 0.6) is 5.75 Å². The number of furan rings is 1. The predicted octanol–water partition coefficient (Wildman–Crippen LogP) is 3.54. The lowest BCUT2D eigenvalue weighted by atomic mass is 10.1. The highest BCUT2D eigenvalue weighted by atomic mass is 32.2. The average molecular weight is 415 g/mol. The third-order valence-electron chi connectivity index (χ3n) is 4.85. The van der Waals surface area contributed by atoms with E-state index in [1.165, 1.54) is 0 Å². The van der Waals surface area contributed by atoms with Crippen molar-refractivity contribution in [1.29, 1.82) is 0 Å². The Balaban J connectivity index is 1.44. The summed E-state index contributed by atoms with van der Waals surface area (Å²) in [4.78, 5) is 2.22. The Morgan fingerprint density at radius 3 is 2.59 bits per heavy atom. The molecule has 1 aliphatic rings. The molecule has 0 bridgehead atoms. The molecule has 1 fully saturated rings. The molecular weight excluding hydrogens is 388 g/mol. The van der Waals surface area contributed by atoms with Crippen molar-refractivity contribution in [3.05, 3.63) is 53.5 Å². The third kappa shape index (κ3) is 4.76. The summed E-state index contributed by atoms with van der Waals surface area (Å²) in [5.74, 6) is 3.50. The summed E-state index contributed by atoms with van der Waals surface area (Å²) < 4.78 is 19.2. The SMILES string of the molecule is Cc1cccc(C)c1OCCSc1nnc(N2CCOCC2)n1Cc1ccco1. The van der Waals surface area contributed by atoms with Crippen LogP contribution in [0.15, 0.2) is 46.2 Å². The van der Waals surface area contributed by atoms with E-state index in [1.54, 1.807) is 18.0 Å². The van der Waals surface area contributed by atoms with E-state index < -0.39 is 0 Å². The minimum absolute atomic E-state index is 0.604. The van der Waals surface area contributed by atoms with Gasteiger partial charge in [-0.25, -0.2) is 0 Å². The molecule has 0 unspecified atom stereocenters. The van der Waals surface area contributed by atoms with Crippen molar-refractivity contribution in [2.75, 3.05) is 43.6 Å². The second-order valence-corrected chi connectivity index (χ2v) is 8.03. The predicted molar refractivity (Wildman–Crippen MR) is 113 cm³/mol. The van der Waals surface area contributed by atoms with Crippen LogP contribution in [0.4, 0.5) is 5.95 Å². The fraction of sp³-hybridized carbons (Fsp3) is 0.429. The summed E-state index contributed by atoms with van der Waals surface area (Å²) in [6, 6.07) is 10.1. The second-order valence-electron chi connectivity index (χ2n) is 6.97. The molecule has 3 heterocycles. The van der Waals surface area contributed by atoms with Gasteiger partial charge in [0.1, 0.15) is 11.5 Å². The van der Waals surface area contributed by atoms with Crippen molar-refractivity contribution < 1.29 is 13.9 Å². The number of thioether (sulfide) groups is 1. The summed E-state index contributed by atoms with van der Waals surface area (Å²) in [5.41, 5.74) is 2.32. The molecule has 8 heteroatoms.